The number of nitrogens with two attached hydrogens (primary N) is 1. The number of hydrogen-bond donors (Lipinski definition) is 3. The SMILES string of the molecule is CCC1CCC(O)(CNc2cccc(C#N)c2N)CC1. The summed E-state index contributed by atoms with van der Waals surface area (Å²) in [6, 6.07) is 7.41. The molecule has 0 heterocycles. The Morgan fingerprint density at radius 1 is 1.45 bits per heavy atom. The maximum Gasteiger partial charge on any atom is 0.101 e. The molecule has 20 heavy (non-hydrogen) atoms. The first-order chi connectivity index (χ1) is 9.58. The summed E-state index contributed by atoms with van der Waals surface area (Å²) in [4.78, 5) is 0. The molecule has 1 saturated carbocycles. The molecule has 0 aliphatic heterocycles. The zero-order valence-corrected chi connectivity index (χ0v) is 12.0. The van der Waals surface area contributed by atoms with Gasteiger partial charge >= 0.3 is 0 Å². The minimum absolute atomic E-state index is 0.459. The van der Waals surface area contributed by atoms with E-state index in [1.165, 1.54) is 6.42 Å². The van der Waals surface area contributed by atoms with Crippen molar-refractivity contribution >= 4 is 11.4 Å². The average Bonchev–Trinajstić information content (AvgIpc) is 2.47. The van der Waals surface area contributed by atoms with Crippen molar-refractivity contribution in [3.8, 4) is 6.07 Å². The lowest BCUT2D eigenvalue weighted by Crippen LogP contribution is -2.40. The quantitative estimate of drug-likeness (QED) is 0.737. The summed E-state index contributed by atoms with van der Waals surface area (Å²) in [5.74, 6) is 0.752. The van der Waals surface area contributed by atoms with Gasteiger partial charge in [-0.05, 0) is 43.7 Å². The number of nitrogens with one attached hydrogen (secondary N) is 1. The van der Waals surface area contributed by atoms with Gasteiger partial charge in [-0.15, -0.1) is 0 Å². The second kappa shape index (κ2) is 6.15. The molecule has 1 aromatic rings. The van der Waals surface area contributed by atoms with Gasteiger partial charge in [0.15, 0.2) is 0 Å². The number of hydrogen-bond acceptors (Lipinski definition) is 4. The van der Waals surface area contributed by atoms with Gasteiger partial charge in [0, 0.05) is 6.54 Å². The number of aliphatic hydroxyl groups is 1. The van der Waals surface area contributed by atoms with Gasteiger partial charge in [0.1, 0.15) is 6.07 Å². The highest BCUT2D eigenvalue weighted by atomic mass is 16.3. The third-order valence-electron chi connectivity index (χ3n) is 4.45. The molecule has 1 aliphatic carbocycles. The van der Waals surface area contributed by atoms with Crippen LogP contribution >= 0.6 is 0 Å². The number of anilines is 2. The predicted molar refractivity (Wildman–Crippen MR) is 81.3 cm³/mol. The smallest absolute Gasteiger partial charge is 0.101 e. The Kier molecular flexibility index (Phi) is 4.51. The van der Waals surface area contributed by atoms with Gasteiger partial charge < -0.3 is 16.2 Å². The third kappa shape index (κ3) is 3.23. The molecule has 0 aromatic heterocycles. The van der Waals surface area contributed by atoms with Gasteiger partial charge in [0.2, 0.25) is 0 Å². The van der Waals surface area contributed by atoms with Crippen molar-refractivity contribution in [2.24, 2.45) is 5.92 Å². The second-order valence-electron chi connectivity index (χ2n) is 5.81. The molecular formula is C16H23N3O. The molecule has 0 spiro atoms. The molecule has 4 nitrogen and oxygen atoms in total. The van der Waals surface area contributed by atoms with Gasteiger partial charge in [-0.1, -0.05) is 19.4 Å². The molecule has 1 aromatic carbocycles. The topological polar surface area (TPSA) is 82.1 Å². The lowest BCUT2D eigenvalue weighted by Gasteiger charge is -2.36. The third-order valence-corrected chi connectivity index (χ3v) is 4.45. The first kappa shape index (κ1) is 14.7. The molecule has 4 N–H and O–H groups in total. The number of benzene rings is 1. The van der Waals surface area contributed by atoms with Crippen LogP contribution in [0.3, 0.4) is 0 Å². The van der Waals surface area contributed by atoms with E-state index in [1.807, 2.05) is 6.07 Å². The van der Waals surface area contributed by atoms with E-state index in [-0.39, 0.29) is 0 Å². The van der Waals surface area contributed by atoms with Gasteiger partial charge in [-0.25, -0.2) is 0 Å². The maximum atomic E-state index is 10.6. The van der Waals surface area contributed by atoms with Crippen LogP contribution < -0.4 is 11.1 Å². The van der Waals surface area contributed by atoms with E-state index in [2.05, 4.69) is 18.3 Å². The van der Waals surface area contributed by atoms with Crippen molar-refractivity contribution in [1.82, 2.24) is 0 Å². The lowest BCUT2D eigenvalue weighted by molar-refractivity contribution is 0.00231. The minimum Gasteiger partial charge on any atom is -0.396 e. The van der Waals surface area contributed by atoms with Crippen molar-refractivity contribution in [2.75, 3.05) is 17.6 Å². The van der Waals surface area contributed by atoms with Crippen molar-refractivity contribution in [3.63, 3.8) is 0 Å². The van der Waals surface area contributed by atoms with Crippen molar-refractivity contribution in [1.29, 1.82) is 5.26 Å². The monoisotopic (exact) mass is 273 g/mol. The second-order valence-corrected chi connectivity index (χ2v) is 5.81. The molecule has 1 aliphatic rings. The summed E-state index contributed by atoms with van der Waals surface area (Å²) in [5.41, 5.74) is 6.94. The molecule has 0 amide bonds. The van der Waals surface area contributed by atoms with Crippen LogP contribution in [0.1, 0.15) is 44.6 Å². The van der Waals surface area contributed by atoms with Crippen LogP contribution in [-0.2, 0) is 0 Å². The normalized spacial score (nSPS) is 25.9. The first-order valence-corrected chi connectivity index (χ1v) is 7.33. The Labute approximate surface area is 120 Å². The highest BCUT2D eigenvalue weighted by molar-refractivity contribution is 5.72. The Hall–Kier alpha value is -1.73. The zero-order valence-electron chi connectivity index (χ0n) is 12.0. The summed E-state index contributed by atoms with van der Waals surface area (Å²) >= 11 is 0. The molecule has 2 rings (SSSR count). The van der Waals surface area contributed by atoms with E-state index in [0.717, 1.165) is 37.3 Å². The van der Waals surface area contributed by atoms with Gasteiger partial charge in [0.25, 0.3) is 0 Å². The predicted octanol–water partition coefficient (Wildman–Crippen LogP) is 2.88. The average molecular weight is 273 g/mol. The summed E-state index contributed by atoms with van der Waals surface area (Å²) in [7, 11) is 0. The summed E-state index contributed by atoms with van der Waals surface area (Å²) in [6.45, 7) is 2.70. The summed E-state index contributed by atoms with van der Waals surface area (Å²) < 4.78 is 0. The highest BCUT2D eigenvalue weighted by Crippen LogP contribution is 2.34. The Balaban J connectivity index is 1.97. The molecular weight excluding hydrogens is 250 g/mol. The molecule has 0 unspecified atom stereocenters. The van der Waals surface area contributed by atoms with Gasteiger partial charge in [-0.3, -0.25) is 0 Å². The molecule has 0 bridgehead atoms. The Morgan fingerprint density at radius 3 is 2.75 bits per heavy atom. The largest absolute Gasteiger partial charge is 0.396 e. The number of nitriles is 1. The van der Waals surface area contributed by atoms with Crippen molar-refractivity contribution in [2.45, 2.75) is 44.6 Å². The standard InChI is InChI=1S/C16H23N3O/c1-2-12-6-8-16(20,9-7-12)11-19-14-5-3-4-13(10-17)15(14)18/h3-5,12,19-20H,2,6-9,11,18H2,1H3. The molecule has 108 valence electrons. The van der Waals surface area contributed by atoms with Crippen LogP contribution in [0.15, 0.2) is 18.2 Å². The minimum atomic E-state index is -0.652. The number of rotatable bonds is 4. The molecule has 4 heteroatoms. The van der Waals surface area contributed by atoms with Crippen LogP contribution in [0.25, 0.3) is 0 Å². The molecule has 1 fully saturated rings. The zero-order chi connectivity index (χ0) is 14.6. The Morgan fingerprint density at radius 2 is 2.15 bits per heavy atom. The first-order valence-electron chi connectivity index (χ1n) is 7.33. The van der Waals surface area contributed by atoms with Crippen LogP contribution in [-0.4, -0.2) is 17.3 Å². The molecule has 0 atom stereocenters. The van der Waals surface area contributed by atoms with E-state index in [4.69, 9.17) is 11.0 Å². The number of nitrogen functional groups attached to an aromatic ring is 1. The highest BCUT2D eigenvalue weighted by Gasteiger charge is 2.32. The van der Waals surface area contributed by atoms with Crippen LogP contribution in [0.5, 0.6) is 0 Å². The number of nitrogens with zero attached hydrogens (tertiary/aromatic N) is 1. The fourth-order valence-corrected chi connectivity index (χ4v) is 2.88. The Bertz CT molecular complexity index is 499. The van der Waals surface area contributed by atoms with E-state index < -0.39 is 5.60 Å². The van der Waals surface area contributed by atoms with Crippen molar-refractivity contribution < 1.29 is 5.11 Å². The maximum absolute atomic E-state index is 10.6. The van der Waals surface area contributed by atoms with Gasteiger partial charge in [0.05, 0.1) is 22.5 Å². The number of para-hydroxylation sites is 1. The van der Waals surface area contributed by atoms with Crippen LogP contribution in [0, 0.1) is 17.2 Å². The molecule has 0 saturated heterocycles. The van der Waals surface area contributed by atoms with E-state index in [9.17, 15) is 5.11 Å². The summed E-state index contributed by atoms with van der Waals surface area (Å²) in [5, 5.41) is 22.8. The fourth-order valence-electron chi connectivity index (χ4n) is 2.88. The summed E-state index contributed by atoms with van der Waals surface area (Å²) in [6.07, 6.45) is 5.03. The van der Waals surface area contributed by atoms with Crippen LogP contribution in [0.2, 0.25) is 0 Å². The van der Waals surface area contributed by atoms with Crippen molar-refractivity contribution in [3.05, 3.63) is 23.8 Å². The van der Waals surface area contributed by atoms with Crippen LogP contribution in [0.4, 0.5) is 11.4 Å². The lowest BCUT2D eigenvalue weighted by atomic mass is 9.78. The van der Waals surface area contributed by atoms with E-state index in [1.54, 1.807) is 12.1 Å². The van der Waals surface area contributed by atoms with E-state index >= 15 is 0 Å². The van der Waals surface area contributed by atoms with E-state index in [0.29, 0.717) is 17.8 Å². The van der Waals surface area contributed by atoms with Gasteiger partial charge in [-0.2, -0.15) is 5.26 Å². The fraction of sp³-hybridized carbons (Fsp3) is 0.562. The molecule has 0 radical (unpaired) electrons.